The summed E-state index contributed by atoms with van der Waals surface area (Å²) in [6, 6.07) is 3.91. The lowest BCUT2D eigenvalue weighted by Crippen LogP contribution is -1.83. The molecule has 1 aromatic rings. The van der Waals surface area contributed by atoms with Crippen LogP contribution in [-0.4, -0.2) is 10.7 Å². The molecule has 0 radical (unpaired) electrons. The summed E-state index contributed by atoms with van der Waals surface area (Å²) in [5.74, 6) is 3.65. The molecular weight excluding hydrogens is 246 g/mol. The van der Waals surface area contributed by atoms with Crippen molar-refractivity contribution in [3.8, 4) is 12.3 Å². The second-order valence-corrected chi connectivity index (χ2v) is 4.38. The topological polar surface area (TPSA) is 12.9 Å². The summed E-state index contributed by atoms with van der Waals surface area (Å²) in [7, 11) is 0. The first-order chi connectivity index (χ1) is 6.34. The Morgan fingerprint density at radius 3 is 3.15 bits per heavy atom. The van der Waals surface area contributed by atoms with Crippen molar-refractivity contribution in [2.45, 2.75) is 17.9 Å². The van der Waals surface area contributed by atoms with Gasteiger partial charge in [0.1, 0.15) is 5.03 Å². The Morgan fingerprint density at radius 2 is 2.46 bits per heavy atom. The van der Waals surface area contributed by atoms with Crippen LogP contribution in [-0.2, 0) is 0 Å². The molecule has 13 heavy (non-hydrogen) atoms. The zero-order valence-electron chi connectivity index (χ0n) is 7.16. The number of aromatic nitrogens is 1. The van der Waals surface area contributed by atoms with Crippen molar-refractivity contribution in [2.75, 3.05) is 5.75 Å². The maximum Gasteiger partial charge on any atom is 0.110 e. The number of unbranched alkanes of at least 4 members (excludes halogenated alkanes) is 1. The summed E-state index contributed by atoms with van der Waals surface area (Å²) in [6.45, 7) is 0. The Balaban J connectivity index is 2.37. The van der Waals surface area contributed by atoms with E-state index in [0.717, 1.165) is 28.1 Å². The smallest absolute Gasteiger partial charge is 0.110 e. The predicted molar refractivity (Wildman–Crippen MR) is 60.7 cm³/mol. The van der Waals surface area contributed by atoms with Crippen molar-refractivity contribution < 1.29 is 0 Å². The van der Waals surface area contributed by atoms with Crippen LogP contribution in [0.4, 0.5) is 0 Å². The fraction of sp³-hybridized carbons (Fsp3) is 0.300. The number of rotatable bonds is 4. The first kappa shape index (κ1) is 10.6. The second kappa shape index (κ2) is 6.06. The summed E-state index contributed by atoms with van der Waals surface area (Å²) in [5.41, 5.74) is 0. The van der Waals surface area contributed by atoms with Gasteiger partial charge in [0, 0.05) is 22.8 Å². The Bertz CT molecular complexity index is 306. The SMILES string of the molecule is C#CCCCSc1ncccc1Br. The molecule has 1 rings (SSSR count). The third kappa shape index (κ3) is 3.84. The molecule has 0 N–H and O–H groups in total. The Morgan fingerprint density at radius 1 is 1.62 bits per heavy atom. The molecule has 0 amide bonds. The number of terminal acetylenes is 1. The van der Waals surface area contributed by atoms with E-state index in [2.05, 4.69) is 26.8 Å². The first-order valence-electron chi connectivity index (χ1n) is 4.01. The number of nitrogens with zero attached hydrogens (tertiary/aromatic N) is 1. The predicted octanol–water partition coefficient (Wildman–Crippen LogP) is 3.35. The van der Waals surface area contributed by atoms with Crippen LogP contribution in [0.1, 0.15) is 12.8 Å². The van der Waals surface area contributed by atoms with Crippen molar-refractivity contribution >= 4 is 27.7 Å². The van der Waals surface area contributed by atoms with Gasteiger partial charge in [-0.15, -0.1) is 24.1 Å². The monoisotopic (exact) mass is 255 g/mol. The standard InChI is InChI=1S/C10H10BrNS/c1-2-3-4-8-13-10-9(11)6-5-7-12-10/h1,5-7H,3-4,8H2. The average Bonchev–Trinajstić information content (AvgIpc) is 2.15. The van der Waals surface area contributed by atoms with Gasteiger partial charge in [-0.05, 0) is 34.5 Å². The van der Waals surface area contributed by atoms with Crippen LogP contribution in [0.15, 0.2) is 27.8 Å². The summed E-state index contributed by atoms with van der Waals surface area (Å²) in [4.78, 5) is 4.24. The Labute approximate surface area is 91.5 Å². The molecule has 0 fully saturated rings. The van der Waals surface area contributed by atoms with Gasteiger partial charge in [-0.25, -0.2) is 4.98 Å². The molecule has 0 saturated carbocycles. The molecule has 0 spiro atoms. The van der Waals surface area contributed by atoms with Gasteiger partial charge in [0.2, 0.25) is 0 Å². The van der Waals surface area contributed by atoms with Crippen molar-refractivity contribution in [1.82, 2.24) is 4.98 Å². The number of thioether (sulfide) groups is 1. The van der Waals surface area contributed by atoms with E-state index in [0.29, 0.717) is 0 Å². The van der Waals surface area contributed by atoms with E-state index in [1.54, 1.807) is 18.0 Å². The number of hydrogen-bond acceptors (Lipinski definition) is 2. The molecule has 0 unspecified atom stereocenters. The van der Waals surface area contributed by atoms with Gasteiger partial charge in [0.05, 0.1) is 0 Å². The van der Waals surface area contributed by atoms with Gasteiger partial charge < -0.3 is 0 Å². The second-order valence-electron chi connectivity index (χ2n) is 2.45. The van der Waals surface area contributed by atoms with E-state index in [1.807, 2.05) is 12.1 Å². The fourth-order valence-electron chi connectivity index (χ4n) is 0.820. The zero-order valence-corrected chi connectivity index (χ0v) is 9.57. The number of halogens is 1. The molecule has 1 nitrogen and oxygen atoms in total. The van der Waals surface area contributed by atoms with E-state index < -0.39 is 0 Å². The van der Waals surface area contributed by atoms with Gasteiger partial charge in [-0.1, -0.05) is 0 Å². The quantitative estimate of drug-likeness (QED) is 0.465. The molecule has 0 aliphatic heterocycles. The minimum atomic E-state index is 0.845. The van der Waals surface area contributed by atoms with Gasteiger partial charge in [-0.3, -0.25) is 0 Å². The molecule has 1 heterocycles. The van der Waals surface area contributed by atoms with E-state index in [1.165, 1.54) is 0 Å². The van der Waals surface area contributed by atoms with Crippen LogP contribution in [0, 0.1) is 12.3 Å². The van der Waals surface area contributed by atoms with Crippen LogP contribution < -0.4 is 0 Å². The van der Waals surface area contributed by atoms with Crippen molar-refractivity contribution in [2.24, 2.45) is 0 Å². The van der Waals surface area contributed by atoms with Gasteiger partial charge in [0.25, 0.3) is 0 Å². The van der Waals surface area contributed by atoms with Crippen LogP contribution in [0.5, 0.6) is 0 Å². The van der Waals surface area contributed by atoms with Crippen molar-refractivity contribution in [1.29, 1.82) is 0 Å². The highest BCUT2D eigenvalue weighted by Crippen LogP contribution is 2.24. The van der Waals surface area contributed by atoms with E-state index >= 15 is 0 Å². The fourth-order valence-corrected chi connectivity index (χ4v) is 2.24. The Kier molecular flexibility index (Phi) is 4.95. The third-order valence-corrected chi connectivity index (χ3v) is 3.42. The average molecular weight is 256 g/mol. The van der Waals surface area contributed by atoms with Crippen molar-refractivity contribution in [3.63, 3.8) is 0 Å². The van der Waals surface area contributed by atoms with Crippen LogP contribution in [0.2, 0.25) is 0 Å². The molecule has 0 saturated heterocycles. The van der Waals surface area contributed by atoms with E-state index in [9.17, 15) is 0 Å². The lowest BCUT2D eigenvalue weighted by molar-refractivity contribution is 0.991. The molecule has 1 aromatic heterocycles. The number of hydrogen-bond donors (Lipinski definition) is 0. The summed E-state index contributed by atoms with van der Waals surface area (Å²) < 4.78 is 1.06. The van der Waals surface area contributed by atoms with Gasteiger partial charge >= 0.3 is 0 Å². The van der Waals surface area contributed by atoms with E-state index in [4.69, 9.17) is 6.42 Å². The lowest BCUT2D eigenvalue weighted by Gasteiger charge is -2.00. The highest BCUT2D eigenvalue weighted by Gasteiger charge is 1.99. The molecule has 0 aliphatic rings. The summed E-state index contributed by atoms with van der Waals surface area (Å²) in [5, 5.41) is 1.04. The molecular formula is C10H10BrNS. The van der Waals surface area contributed by atoms with Gasteiger partial charge in [-0.2, -0.15) is 0 Å². The van der Waals surface area contributed by atoms with Crippen LogP contribution in [0.25, 0.3) is 0 Å². The molecule has 68 valence electrons. The molecule has 0 aliphatic carbocycles. The largest absolute Gasteiger partial charge is 0.249 e. The first-order valence-corrected chi connectivity index (χ1v) is 5.79. The Hall–Kier alpha value is -0.460. The molecule has 3 heteroatoms. The zero-order chi connectivity index (χ0) is 9.52. The summed E-state index contributed by atoms with van der Waals surface area (Å²) >= 11 is 5.18. The van der Waals surface area contributed by atoms with Crippen LogP contribution >= 0.6 is 27.7 Å². The molecule has 0 atom stereocenters. The van der Waals surface area contributed by atoms with Crippen molar-refractivity contribution in [3.05, 3.63) is 22.8 Å². The lowest BCUT2D eigenvalue weighted by atomic mass is 10.4. The minimum Gasteiger partial charge on any atom is -0.249 e. The van der Waals surface area contributed by atoms with Crippen LogP contribution in [0.3, 0.4) is 0 Å². The highest BCUT2D eigenvalue weighted by molar-refractivity contribution is 9.10. The minimum absolute atomic E-state index is 0.845. The highest BCUT2D eigenvalue weighted by atomic mass is 79.9. The third-order valence-electron chi connectivity index (χ3n) is 1.43. The number of pyridine rings is 1. The molecule has 0 aromatic carbocycles. The maximum absolute atomic E-state index is 5.15. The maximum atomic E-state index is 5.15. The summed E-state index contributed by atoms with van der Waals surface area (Å²) in [6.07, 6.45) is 8.84. The van der Waals surface area contributed by atoms with Gasteiger partial charge in [0.15, 0.2) is 0 Å². The van der Waals surface area contributed by atoms with E-state index in [-0.39, 0.29) is 0 Å². The molecule has 0 bridgehead atoms. The normalized spacial score (nSPS) is 9.54.